The second kappa shape index (κ2) is 6.33. The Labute approximate surface area is 139 Å². The topological polar surface area (TPSA) is 70.2 Å². The molecule has 1 amide bonds. The fourth-order valence-electron chi connectivity index (χ4n) is 2.96. The van der Waals surface area contributed by atoms with Crippen LogP contribution < -0.4 is 10.2 Å². The molecule has 24 heavy (non-hydrogen) atoms. The molecule has 4 rings (SSSR count). The fourth-order valence-corrected chi connectivity index (χ4v) is 2.96. The van der Waals surface area contributed by atoms with Crippen LogP contribution in [0.1, 0.15) is 10.4 Å². The number of amides is 1. The van der Waals surface area contributed by atoms with E-state index in [1.807, 2.05) is 42.5 Å². The molecule has 6 nitrogen and oxygen atoms in total. The zero-order chi connectivity index (χ0) is 16.4. The lowest BCUT2D eigenvalue weighted by atomic mass is 10.1. The van der Waals surface area contributed by atoms with Crippen molar-refractivity contribution in [1.29, 1.82) is 0 Å². The Balaban J connectivity index is 1.59. The van der Waals surface area contributed by atoms with Crippen LogP contribution in [0.4, 0.5) is 11.4 Å². The molecule has 0 radical (unpaired) electrons. The molecule has 1 fully saturated rings. The SMILES string of the molecule is O=C(Nc1ccc2cn[nH]c2c1)c1ccccc1N1CCOCC1. The zero-order valence-corrected chi connectivity index (χ0v) is 13.2. The number of nitrogens with zero attached hydrogens (tertiary/aromatic N) is 2. The standard InChI is InChI=1S/C18H18N4O2/c23-18(20-14-6-5-13-12-19-21-16(13)11-14)15-3-1-2-4-17(15)22-7-9-24-10-8-22/h1-6,11-12H,7-10H2,(H,19,21)(H,20,23). The molecule has 122 valence electrons. The van der Waals surface area contributed by atoms with Gasteiger partial charge in [0.05, 0.1) is 30.5 Å². The summed E-state index contributed by atoms with van der Waals surface area (Å²) in [6, 6.07) is 13.4. The largest absolute Gasteiger partial charge is 0.378 e. The van der Waals surface area contributed by atoms with Crippen LogP contribution in [0.5, 0.6) is 0 Å². The van der Waals surface area contributed by atoms with E-state index >= 15 is 0 Å². The van der Waals surface area contributed by atoms with Gasteiger partial charge in [0.2, 0.25) is 0 Å². The van der Waals surface area contributed by atoms with Crippen molar-refractivity contribution in [2.24, 2.45) is 0 Å². The van der Waals surface area contributed by atoms with Gasteiger partial charge in [-0.25, -0.2) is 0 Å². The number of morpholine rings is 1. The number of carbonyl (C=O) groups is 1. The highest BCUT2D eigenvalue weighted by Gasteiger charge is 2.18. The summed E-state index contributed by atoms with van der Waals surface area (Å²) in [4.78, 5) is 14.9. The van der Waals surface area contributed by atoms with E-state index < -0.39 is 0 Å². The molecular formula is C18H18N4O2. The maximum Gasteiger partial charge on any atom is 0.257 e. The van der Waals surface area contributed by atoms with Crippen LogP contribution in [0.15, 0.2) is 48.7 Å². The van der Waals surface area contributed by atoms with E-state index in [0.29, 0.717) is 18.8 Å². The van der Waals surface area contributed by atoms with Gasteiger partial charge < -0.3 is 15.0 Å². The lowest BCUT2D eigenvalue weighted by Crippen LogP contribution is -2.37. The Hall–Kier alpha value is -2.86. The monoisotopic (exact) mass is 322 g/mol. The number of hydrogen-bond donors (Lipinski definition) is 2. The third-order valence-corrected chi connectivity index (χ3v) is 4.20. The number of para-hydroxylation sites is 1. The van der Waals surface area contributed by atoms with Crippen molar-refractivity contribution in [3.05, 3.63) is 54.2 Å². The highest BCUT2D eigenvalue weighted by atomic mass is 16.5. The molecule has 0 atom stereocenters. The average Bonchev–Trinajstić information content (AvgIpc) is 3.10. The van der Waals surface area contributed by atoms with Crippen LogP contribution in [0.2, 0.25) is 0 Å². The van der Waals surface area contributed by atoms with Gasteiger partial charge in [0.1, 0.15) is 0 Å². The van der Waals surface area contributed by atoms with Crippen LogP contribution in [0.25, 0.3) is 10.9 Å². The molecule has 0 unspecified atom stereocenters. The van der Waals surface area contributed by atoms with Gasteiger partial charge in [0.15, 0.2) is 0 Å². The number of fused-ring (bicyclic) bond motifs is 1. The van der Waals surface area contributed by atoms with Crippen molar-refractivity contribution in [1.82, 2.24) is 10.2 Å². The summed E-state index contributed by atoms with van der Waals surface area (Å²) in [7, 11) is 0. The minimum atomic E-state index is -0.115. The normalized spacial score (nSPS) is 14.8. The molecule has 2 aromatic carbocycles. The molecule has 0 saturated carbocycles. The van der Waals surface area contributed by atoms with Crippen molar-refractivity contribution in [2.75, 3.05) is 36.5 Å². The maximum absolute atomic E-state index is 12.8. The molecule has 6 heteroatoms. The predicted octanol–water partition coefficient (Wildman–Crippen LogP) is 2.65. The van der Waals surface area contributed by atoms with Gasteiger partial charge >= 0.3 is 0 Å². The minimum Gasteiger partial charge on any atom is -0.378 e. The van der Waals surface area contributed by atoms with Gasteiger partial charge in [0, 0.05) is 29.9 Å². The molecule has 0 spiro atoms. The number of aromatic nitrogens is 2. The Kier molecular flexibility index (Phi) is 3.88. The molecule has 3 aromatic rings. The smallest absolute Gasteiger partial charge is 0.257 e. The van der Waals surface area contributed by atoms with Crippen molar-refractivity contribution in [2.45, 2.75) is 0 Å². The van der Waals surface area contributed by atoms with Crippen molar-refractivity contribution >= 4 is 28.2 Å². The number of rotatable bonds is 3. The first-order valence-corrected chi connectivity index (χ1v) is 7.97. The number of hydrogen-bond acceptors (Lipinski definition) is 4. The Morgan fingerprint density at radius 1 is 1.17 bits per heavy atom. The summed E-state index contributed by atoms with van der Waals surface area (Å²) < 4.78 is 5.40. The number of benzene rings is 2. The van der Waals surface area contributed by atoms with Gasteiger partial charge in [-0.1, -0.05) is 12.1 Å². The first-order valence-electron chi connectivity index (χ1n) is 7.97. The fraction of sp³-hybridized carbons (Fsp3) is 0.222. The van der Waals surface area contributed by atoms with Crippen molar-refractivity contribution in [3.8, 4) is 0 Å². The zero-order valence-electron chi connectivity index (χ0n) is 13.2. The second-order valence-electron chi connectivity index (χ2n) is 5.74. The van der Waals surface area contributed by atoms with E-state index in [1.165, 1.54) is 0 Å². The van der Waals surface area contributed by atoms with Gasteiger partial charge in [-0.3, -0.25) is 9.89 Å². The highest BCUT2D eigenvalue weighted by Crippen LogP contribution is 2.23. The van der Waals surface area contributed by atoms with Gasteiger partial charge in [-0.15, -0.1) is 0 Å². The van der Waals surface area contributed by atoms with Crippen LogP contribution in [0.3, 0.4) is 0 Å². The summed E-state index contributed by atoms with van der Waals surface area (Å²) in [5.74, 6) is -0.115. The number of aromatic amines is 1. The quantitative estimate of drug-likeness (QED) is 0.778. The molecule has 0 bridgehead atoms. The van der Waals surface area contributed by atoms with E-state index in [9.17, 15) is 4.79 Å². The number of H-pyrrole nitrogens is 1. The van der Waals surface area contributed by atoms with E-state index in [-0.39, 0.29) is 5.91 Å². The molecule has 1 aromatic heterocycles. The minimum absolute atomic E-state index is 0.115. The summed E-state index contributed by atoms with van der Waals surface area (Å²) >= 11 is 0. The number of ether oxygens (including phenoxy) is 1. The molecule has 1 aliphatic heterocycles. The predicted molar refractivity (Wildman–Crippen MR) is 93.5 cm³/mol. The lowest BCUT2D eigenvalue weighted by Gasteiger charge is -2.30. The van der Waals surface area contributed by atoms with Crippen molar-refractivity contribution < 1.29 is 9.53 Å². The Morgan fingerprint density at radius 2 is 2.00 bits per heavy atom. The van der Waals surface area contributed by atoms with Gasteiger partial charge in [-0.05, 0) is 30.3 Å². The third-order valence-electron chi connectivity index (χ3n) is 4.20. The van der Waals surface area contributed by atoms with E-state index in [0.717, 1.165) is 35.4 Å². The summed E-state index contributed by atoms with van der Waals surface area (Å²) in [6.45, 7) is 2.97. The van der Waals surface area contributed by atoms with E-state index in [2.05, 4.69) is 20.4 Å². The molecule has 2 heterocycles. The van der Waals surface area contributed by atoms with Crippen molar-refractivity contribution in [3.63, 3.8) is 0 Å². The van der Waals surface area contributed by atoms with Crippen LogP contribution in [-0.4, -0.2) is 42.4 Å². The maximum atomic E-state index is 12.8. The molecule has 2 N–H and O–H groups in total. The molecular weight excluding hydrogens is 304 g/mol. The van der Waals surface area contributed by atoms with Crippen LogP contribution in [0, 0.1) is 0 Å². The first kappa shape index (κ1) is 14.7. The summed E-state index contributed by atoms with van der Waals surface area (Å²) in [5.41, 5.74) is 3.26. The first-order chi connectivity index (χ1) is 11.8. The highest BCUT2D eigenvalue weighted by molar-refractivity contribution is 6.08. The second-order valence-corrected chi connectivity index (χ2v) is 5.74. The lowest BCUT2D eigenvalue weighted by molar-refractivity contribution is 0.102. The Morgan fingerprint density at radius 3 is 2.88 bits per heavy atom. The molecule has 0 aliphatic carbocycles. The van der Waals surface area contributed by atoms with Gasteiger partial charge in [-0.2, -0.15) is 5.10 Å². The van der Waals surface area contributed by atoms with Gasteiger partial charge in [0.25, 0.3) is 5.91 Å². The van der Waals surface area contributed by atoms with E-state index in [4.69, 9.17) is 4.74 Å². The Bertz CT molecular complexity index is 868. The molecule has 1 saturated heterocycles. The molecule has 1 aliphatic rings. The number of carbonyl (C=O) groups excluding carboxylic acids is 1. The average molecular weight is 322 g/mol. The summed E-state index contributed by atoms with van der Waals surface area (Å²) in [6.07, 6.45) is 1.76. The van der Waals surface area contributed by atoms with Crippen LogP contribution in [-0.2, 0) is 4.74 Å². The number of nitrogens with one attached hydrogen (secondary N) is 2. The third kappa shape index (κ3) is 2.83. The van der Waals surface area contributed by atoms with E-state index in [1.54, 1.807) is 6.20 Å². The number of anilines is 2. The van der Waals surface area contributed by atoms with Crippen LogP contribution >= 0.6 is 0 Å². The summed E-state index contributed by atoms with van der Waals surface area (Å²) in [5, 5.41) is 10.9.